The second kappa shape index (κ2) is 14.6. The molecule has 0 bridgehead atoms. The third kappa shape index (κ3) is 6.74. The van der Waals surface area contributed by atoms with E-state index in [4.69, 9.17) is 28.4 Å². The fourth-order valence-electron chi connectivity index (χ4n) is 5.44. The molecule has 4 fully saturated rings. The van der Waals surface area contributed by atoms with Crippen LogP contribution in [0.25, 0.3) is 0 Å². The van der Waals surface area contributed by atoms with Crippen LogP contribution in [0.3, 0.4) is 0 Å². The van der Waals surface area contributed by atoms with Crippen molar-refractivity contribution in [1.82, 2.24) is 5.32 Å². The van der Waals surface area contributed by atoms with E-state index in [1.54, 1.807) is 0 Å². The van der Waals surface area contributed by atoms with Crippen LogP contribution >= 0.6 is 0 Å². The smallest absolute Gasteiger partial charge is 0.187 e. The molecule has 0 aliphatic carbocycles. The molecule has 0 amide bonds. The molecular weight excluding hydrogens is 578 g/mol. The van der Waals surface area contributed by atoms with Gasteiger partial charge in [0.15, 0.2) is 18.9 Å². The minimum atomic E-state index is -1.95. The number of β-amino-alcohol motifs (C(OH)–C–C–N with tert-alkyl or cyclic N) is 1. The lowest BCUT2D eigenvalue weighted by atomic mass is 9.96. The summed E-state index contributed by atoms with van der Waals surface area (Å²) >= 11 is 0. The first-order valence-corrected chi connectivity index (χ1v) is 13.5. The van der Waals surface area contributed by atoms with Crippen LogP contribution in [0.2, 0.25) is 0 Å². The number of aliphatic hydroxyl groups is 12. The Morgan fingerprint density at radius 1 is 0.476 bits per heavy atom. The van der Waals surface area contributed by atoms with E-state index in [9.17, 15) is 61.3 Å². The predicted octanol–water partition coefficient (Wildman–Crippen LogP) is -8.86. The maximum Gasteiger partial charge on any atom is 0.187 e. The van der Waals surface area contributed by atoms with Crippen LogP contribution in [-0.2, 0) is 28.4 Å². The molecule has 4 aliphatic heterocycles. The van der Waals surface area contributed by atoms with Gasteiger partial charge in [-0.2, -0.15) is 0 Å². The van der Waals surface area contributed by atoms with Gasteiger partial charge in [-0.05, 0) is 0 Å². The van der Waals surface area contributed by atoms with E-state index >= 15 is 0 Å². The molecule has 0 unspecified atom stereocenters. The summed E-state index contributed by atoms with van der Waals surface area (Å²) in [4.78, 5) is 0. The van der Waals surface area contributed by atoms with Gasteiger partial charge in [-0.25, -0.2) is 0 Å². The number of ether oxygens (including phenoxy) is 6. The molecule has 4 rings (SSSR count). The Bertz CT molecular complexity index is 839. The predicted molar refractivity (Wildman–Crippen MR) is 129 cm³/mol. The average Bonchev–Trinajstić information content (AvgIpc) is 3.34. The summed E-state index contributed by atoms with van der Waals surface area (Å²) in [6, 6.07) is -0.699. The van der Waals surface area contributed by atoms with Crippen molar-refractivity contribution < 1.29 is 89.7 Å². The average molecular weight is 620 g/mol. The Labute approximate surface area is 239 Å². The van der Waals surface area contributed by atoms with Crippen LogP contribution in [-0.4, -0.2) is 205 Å². The van der Waals surface area contributed by atoms with Crippen molar-refractivity contribution in [3.05, 3.63) is 0 Å². The number of hydrogen-bond acceptors (Lipinski definition) is 19. The lowest BCUT2D eigenvalue weighted by Gasteiger charge is -2.48. The van der Waals surface area contributed by atoms with Gasteiger partial charge in [0, 0.05) is 6.54 Å². The SMILES string of the molecule is OC[C@H]1NC[C@@H](O)[C@@H]1O[C@H]1O[C@H](CO)[C@@H](O[C@@H]2O[C@H](CO)[C@@H](O[C@@H]3O[C@H](CO)[C@@H](O)[C@H](O)[C@H]3O)[C@H](O)[C@H]2O)[C@H](O)[C@H]1O. The van der Waals surface area contributed by atoms with Crippen LogP contribution in [0.1, 0.15) is 0 Å². The fourth-order valence-corrected chi connectivity index (χ4v) is 5.44. The summed E-state index contributed by atoms with van der Waals surface area (Å²) in [6.07, 6.45) is -27.4. The second-order valence-corrected chi connectivity index (χ2v) is 10.7. The first-order chi connectivity index (χ1) is 20.0. The van der Waals surface area contributed by atoms with Crippen molar-refractivity contribution in [3.63, 3.8) is 0 Å². The summed E-state index contributed by atoms with van der Waals surface area (Å²) in [7, 11) is 0. The molecule has 0 spiro atoms. The van der Waals surface area contributed by atoms with Gasteiger partial charge in [0.2, 0.25) is 0 Å². The minimum absolute atomic E-state index is 0.0861. The third-order valence-corrected chi connectivity index (χ3v) is 7.93. The molecule has 0 radical (unpaired) electrons. The summed E-state index contributed by atoms with van der Waals surface area (Å²) in [5.74, 6) is 0. The molecule has 246 valence electrons. The van der Waals surface area contributed by atoms with Gasteiger partial charge < -0.3 is 95.0 Å². The Kier molecular flexibility index (Phi) is 11.8. The van der Waals surface area contributed by atoms with Crippen molar-refractivity contribution in [2.24, 2.45) is 0 Å². The molecule has 0 saturated carbocycles. The highest BCUT2D eigenvalue weighted by atomic mass is 16.8. The fraction of sp³-hybridized carbons (Fsp3) is 1.00. The molecule has 0 aromatic rings. The standard InChI is InChI=1S/C23H41NO18/c25-2-6-18(7(29)1-24-6)40-22-16(35)13(32)20(9(4-27)38-22)42-23-17(36)14(33)19(10(5-28)39-23)41-21-15(34)12(31)11(30)8(3-26)37-21/h6-36H,1-5H2/t6-,7-,8-,9-,10-,11-,12+,13-,14-,15-,16-,17-,18-,19-,20-,21+,22-,23+/m1/s1. The zero-order chi connectivity index (χ0) is 30.9. The summed E-state index contributed by atoms with van der Waals surface area (Å²) in [5.41, 5.74) is 0. The Morgan fingerprint density at radius 2 is 0.881 bits per heavy atom. The van der Waals surface area contributed by atoms with Gasteiger partial charge in [0.25, 0.3) is 0 Å². The third-order valence-electron chi connectivity index (χ3n) is 7.93. The van der Waals surface area contributed by atoms with Gasteiger partial charge in [-0.1, -0.05) is 0 Å². The molecule has 18 atom stereocenters. The monoisotopic (exact) mass is 619 g/mol. The normalized spacial score (nSPS) is 52.0. The van der Waals surface area contributed by atoms with E-state index in [0.29, 0.717) is 0 Å². The van der Waals surface area contributed by atoms with Gasteiger partial charge >= 0.3 is 0 Å². The van der Waals surface area contributed by atoms with E-state index in [0.717, 1.165) is 0 Å². The van der Waals surface area contributed by atoms with E-state index < -0.39 is 137 Å². The largest absolute Gasteiger partial charge is 0.395 e. The van der Waals surface area contributed by atoms with Crippen molar-refractivity contribution >= 4 is 0 Å². The Morgan fingerprint density at radius 3 is 1.31 bits per heavy atom. The highest BCUT2D eigenvalue weighted by Crippen LogP contribution is 2.33. The maximum absolute atomic E-state index is 10.8. The lowest BCUT2D eigenvalue weighted by molar-refractivity contribution is -0.381. The minimum Gasteiger partial charge on any atom is -0.395 e. The molecule has 42 heavy (non-hydrogen) atoms. The lowest BCUT2D eigenvalue weighted by Crippen LogP contribution is -2.67. The topological polar surface area (TPSA) is 310 Å². The molecule has 0 aromatic carbocycles. The first kappa shape index (κ1) is 34.1. The van der Waals surface area contributed by atoms with Crippen LogP contribution in [0, 0.1) is 0 Å². The summed E-state index contributed by atoms with van der Waals surface area (Å²) in [6.45, 7) is -2.72. The Hall–Kier alpha value is -0.760. The van der Waals surface area contributed by atoms with Crippen LogP contribution in [0.5, 0.6) is 0 Å². The van der Waals surface area contributed by atoms with Crippen molar-refractivity contribution in [3.8, 4) is 0 Å². The number of hydrogen-bond donors (Lipinski definition) is 13. The Balaban J connectivity index is 1.42. The summed E-state index contributed by atoms with van der Waals surface area (Å²) in [5, 5.41) is 125. The molecular formula is C23H41NO18. The number of nitrogens with one attached hydrogen (secondary N) is 1. The summed E-state index contributed by atoms with van der Waals surface area (Å²) < 4.78 is 33.0. The molecule has 4 aliphatic rings. The molecule has 19 nitrogen and oxygen atoms in total. The highest BCUT2D eigenvalue weighted by molar-refractivity contribution is 4.98. The molecule has 19 heteroatoms. The van der Waals surface area contributed by atoms with Gasteiger partial charge in [-0.15, -0.1) is 0 Å². The number of aliphatic hydroxyl groups excluding tert-OH is 12. The van der Waals surface area contributed by atoms with Crippen LogP contribution in [0.4, 0.5) is 0 Å². The highest BCUT2D eigenvalue weighted by Gasteiger charge is 2.54. The maximum atomic E-state index is 10.8. The molecule has 4 saturated heterocycles. The number of rotatable bonds is 10. The zero-order valence-electron chi connectivity index (χ0n) is 22.2. The molecule has 0 aromatic heterocycles. The van der Waals surface area contributed by atoms with Gasteiger partial charge in [-0.3, -0.25) is 0 Å². The van der Waals surface area contributed by atoms with Crippen molar-refractivity contribution in [2.45, 2.75) is 110 Å². The van der Waals surface area contributed by atoms with E-state index in [-0.39, 0.29) is 6.54 Å². The van der Waals surface area contributed by atoms with Crippen LogP contribution < -0.4 is 5.32 Å². The second-order valence-electron chi connectivity index (χ2n) is 10.7. The van der Waals surface area contributed by atoms with Crippen molar-refractivity contribution in [1.29, 1.82) is 0 Å². The van der Waals surface area contributed by atoms with Gasteiger partial charge in [0.05, 0.1) is 38.6 Å². The van der Waals surface area contributed by atoms with Crippen molar-refractivity contribution in [2.75, 3.05) is 33.0 Å². The van der Waals surface area contributed by atoms with E-state index in [1.165, 1.54) is 0 Å². The molecule has 13 N–H and O–H groups in total. The van der Waals surface area contributed by atoms with E-state index in [1.807, 2.05) is 0 Å². The quantitative estimate of drug-likeness (QED) is 0.108. The molecule has 4 heterocycles. The van der Waals surface area contributed by atoms with E-state index in [2.05, 4.69) is 5.32 Å². The van der Waals surface area contributed by atoms with Crippen LogP contribution in [0.15, 0.2) is 0 Å². The van der Waals surface area contributed by atoms with Gasteiger partial charge in [0.1, 0.15) is 79.4 Å². The first-order valence-electron chi connectivity index (χ1n) is 13.5. The zero-order valence-corrected chi connectivity index (χ0v) is 22.2.